The van der Waals surface area contributed by atoms with Gasteiger partial charge in [-0.25, -0.2) is 4.98 Å². The number of imidazole rings is 1. The molecule has 0 amide bonds. The summed E-state index contributed by atoms with van der Waals surface area (Å²) < 4.78 is 38.0. The summed E-state index contributed by atoms with van der Waals surface area (Å²) >= 11 is 0. The number of nitrogens with zero attached hydrogens (tertiary/aromatic N) is 1. The third-order valence-corrected chi connectivity index (χ3v) is 4.37. The highest BCUT2D eigenvalue weighted by Gasteiger charge is 2.30. The summed E-state index contributed by atoms with van der Waals surface area (Å²) in [6.07, 6.45) is 4.09. The van der Waals surface area contributed by atoms with Crippen LogP contribution >= 0.6 is 0 Å². The predicted octanol–water partition coefficient (Wildman–Crippen LogP) is 5.09. The molecule has 0 aliphatic heterocycles. The number of nitrogens with one attached hydrogen (secondary N) is 1. The van der Waals surface area contributed by atoms with E-state index in [-0.39, 0.29) is 0 Å². The maximum Gasteiger partial charge on any atom is 0.416 e. The Morgan fingerprint density at radius 3 is 2.62 bits per heavy atom. The van der Waals surface area contributed by atoms with Crippen LogP contribution < -0.4 is 0 Å². The molecule has 0 saturated heterocycles. The quantitative estimate of drug-likeness (QED) is 0.839. The smallest absolute Gasteiger partial charge is 0.342 e. The number of benzene rings is 1. The lowest BCUT2D eigenvalue weighted by Crippen LogP contribution is -2.07. The van der Waals surface area contributed by atoms with E-state index in [1.807, 2.05) is 0 Å². The number of alkyl halides is 3. The molecule has 2 nitrogen and oxygen atoms in total. The fraction of sp³-hybridized carbons (Fsp3) is 0.562. The van der Waals surface area contributed by atoms with Crippen molar-refractivity contribution in [2.75, 3.05) is 0 Å². The van der Waals surface area contributed by atoms with E-state index >= 15 is 0 Å². The highest BCUT2D eigenvalue weighted by atomic mass is 19.4. The molecule has 1 N–H and O–H groups in total. The Morgan fingerprint density at radius 2 is 1.90 bits per heavy atom. The fourth-order valence-corrected chi connectivity index (χ4v) is 3.17. The van der Waals surface area contributed by atoms with Crippen LogP contribution in [0.5, 0.6) is 0 Å². The SMILES string of the molecule is FC(F)(F)c1ccc2nc(CCC3CCCCC3)[nH]c2c1. The van der Waals surface area contributed by atoms with Crippen LogP contribution in [-0.4, -0.2) is 9.97 Å². The van der Waals surface area contributed by atoms with E-state index in [1.54, 1.807) is 0 Å². The Labute approximate surface area is 121 Å². The van der Waals surface area contributed by atoms with E-state index < -0.39 is 11.7 Å². The van der Waals surface area contributed by atoms with Crippen LogP contribution in [0.2, 0.25) is 0 Å². The van der Waals surface area contributed by atoms with Crippen molar-refractivity contribution in [1.82, 2.24) is 9.97 Å². The van der Waals surface area contributed by atoms with Gasteiger partial charge >= 0.3 is 6.18 Å². The molecular formula is C16H19F3N2. The van der Waals surface area contributed by atoms with Gasteiger partial charge < -0.3 is 4.98 Å². The van der Waals surface area contributed by atoms with Crippen LogP contribution in [0.3, 0.4) is 0 Å². The lowest BCUT2D eigenvalue weighted by Gasteiger charge is -2.20. The van der Waals surface area contributed by atoms with Crippen molar-refractivity contribution in [2.24, 2.45) is 5.92 Å². The second-order valence-electron chi connectivity index (χ2n) is 5.96. The third kappa shape index (κ3) is 3.39. The molecule has 0 bridgehead atoms. The van der Waals surface area contributed by atoms with Gasteiger partial charge in [0.1, 0.15) is 5.82 Å². The van der Waals surface area contributed by atoms with Crippen molar-refractivity contribution >= 4 is 11.0 Å². The topological polar surface area (TPSA) is 28.7 Å². The molecule has 1 aromatic heterocycles. The highest BCUT2D eigenvalue weighted by Crippen LogP contribution is 2.31. The predicted molar refractivity (Wildman–Crippen MR) is 76.0 cm³/mol. The Balaban J connectivity index is 1.71. The van der Waals surface area contributed by atoms with E-state index in [9.17, 15) is 13.2 Å². The number of aromatic amines is 1. The molecular weight excluding hydrogens is 277 g/mol. The molecule has 5 heteroatoms. The first-order chi connectivity index (χ1) is 10.0. The van der Waals surface area contributed by atoms with Crippen molar-refractivity contribution in [1.29, 1.82) is 0 Å². The Kier molecular flexibility index (Phi) is 3.91. The van der Waals surface area contributed by atoms with Crippen LogP contribution in [0.4, 0.5) is 13.2 Å². The number of aromatic nitrogens is 2. The molecule has 1 heterocycles. The van der Waals surface area contributed by atoms with Gasteiger partial charge in [-0.1, -0.05) is 32.1 Å². The summed E-state index contributed by atoms with van der Waals surface area (Å²) in [6, 6.07) is 3.68. The monoisotopic (exact) mass is 296 g/mol. The van der Waals surface area contributed by atoms with Crippen LogP contribution in [0.25, 0.3) is 11.0 Å². The second kappa shape index (κ2) is 5.70. The van der Waals surface area contributed by atoms with E-state index in [2.05, 4.69) is 9.97 Å². The molecule has 0 atom stereocenters. The molecule has 2 aromatic rings. The number of halogens is 3. The van der Waals surface area contributed by atoms with Gasteiger partial charge in [-0.05, 0) is 30.5 Å². The number of fused-ring (bicyclic) bond motifs is 1. The molecule has 0 radical (unpaired) electrons. The van der Waals surface area contributed by atoms with Crippen molar-refractivity contribution in [3.8, 4) is 0 Å². The normalized spacial score (nSPS) is 17.5. The number of aryl methyl sites for hydroxylation is 1. The molecule has 1 saturated carbocycles. The van der Waals surface area contributed by atoms with Crippen LogP contribution in [0.1, 0.15) is 49.9 Å². The van der Waals surface area contributed by atoms with Gasteiger partial charge in [0, 0.05) is 6.42 Å². The summed E-state index contributed by atoms with van der Waals surface area (Å²) in [7, 11) is 0. The average molecular weight is 296 g/mol. The summed E-state index contributed by atoms with van der Waals surface area (Å²) in [6.45, 7) is 0. The minimum absolute atomic E-state index is 0.475. The molecule has 0 unspecified atom stereocenters. The van der Waals surface area contributed by atoms with Gasteiger partial charge in [-0.15, -0.1) is 0 Å². The van der Waals surface area contributed by atoms with Crippen molar-refractivity contribution in [2.45, 2.75) is 51.1 Å². The molecule has 1 fully saturated rings. The minimum atomic E-state index is -4.30. The molecule has 1 aromatic carbocycles. The first kappa shape index (κ1) is 14.4. The first-order valence-electron chi connectivity index (χ1n) is 7.58. The molecule has 114 valence electrons. The van der Waals surface area contributed by atoms with Crippen molar-refractivity contribution < 1.29 is 13.2 Å². The zero-order valence-electron chi connectivity index (χ0n) is 11.8. The Morgan fingerprint density at radius 1 is 1.14 bits per heavy atom. The van der Waals surface area contributed by atoms with Crippen molar-refractivity contribution in [3.05, 3.63) is 29.6 Å². The van der Waals surface area contributed by atoms with Crippen LogP contribution in [0, 0.1) is 5.92 Å². The maximum atomic E-state index is 12.7. The molecule has 0 spiro atoms. The number of H-pyrrole nitrogens is 1. The van der Waals surface area contributed by atoms with Gasteiger partial charge in [0.05, 0.1) is 16.6 Å². The van der Waals surface area contributed by atoms with Gasteiger partial charge in [-0.2, -0.15) is 13.2 Å². The van der Waals surface area contributed by atoms with Gasteiger partial charge in [-0.3, -0.25) is 0 Å². The second-order valence-corrected chi connectivity index (χ2v) is 5.96. The summed E-state index contributed by atoms with van der Waals surface area (Å²) in [5, 5.41) is 0. The van der Waals surface area contributed by atoms with E-state index in [0.29, 0.717) is 11.0 Å². The van der Waals surface area contributed by atoms with Gasteiger partial charge in [0.25, 0.3) is 0 Å². The Hall–Kier alpha value is -1.52. The standard InChI is InChI=1S/C16H19F3N2/c17-16(18,19)12-7-8-13-14(10-12)21-15(20-13)9-6-11-4-2-1-3-5-11/h7-8,10-11H,1-6,9H2,(H,20,21). The lowest BCUT2D eigenvalue weighted by atomic mass is 9.86. The summed E-state index contributed by atoms with van der Waals surface area (Å²) in [5.41, 5.74) is 0.461. The third-order valence-electron chi connectivity index (χ3n) is 4.37. The number of rotatable bonds is 3. The molecule has 1 aliphatic rings. The van der Waals surface area contributed by atoms with Gasteiger partial charge in [0.2, 0.25) is 0 Å². The summed E-state index contributed by atoms with van der Waals surface area (Å²) in [4.78, 5) is 7.43. The zero-order valence-corrected chi connectivity index (χ0v) is 11.8. The average Bonchev–Trinajstić information content (AvgIpc) is 2.87. The summed E-state index contributed by atoms with van der Waals surface area (Å²) in [5.74, 6) is 1.55. The maximum absolute atomic E-state index is 12.7. The highest BCUT2D eigenvalue weighted by molar-refractivity contribution is 5.76. The first-order valence-corrected chi connectivity index (χ1v) is 7.58. The van der Waals surface area contributed by atoms with Gasteiger partial charge in [0.15, 0.2) is 0 Å². The molecule has 3 rings (SSSR count). The minimum Gasteiger partial charge on any atom is -0.342 e. The largest absolute Gasteiger partial charge is 0.416 e. The molecule has 1 aliphatic carbocycles. The van der Waals surface area contributed by atoms with Crippen molar-refractivity contribution in [3.63, 3.8) is 0 Å². The zero-order chi connectivity index (χ0) is 14.9. The van der Waals surface area contributed by atoms with E-state index in [0.717, 1.165) is 36.7 Å². The number of hydrogen-bond donors (Lipinski definition) is 1. The number of hydrogen-bond acceptors (Lipinski definition) is 1. The lowest BCUT2D eigenvalue weighted by molar-refractivity contribution is -0.137. The van der Waals surface area contributed by atoms with E-state index in [4.69, 9.17) is 0 Å². The molecule has 21 heavy (non-hydrogen) atoms. The van der Waals surface area contributed by atoms with Crippen LogP contribution in [0.15, 0.2) is 18.2 Å². The van der Waals surface area contributed by atoms with Crippen LogP contribution in [-0.2, 0) is 12.6 Å². The van der Waals surface area contributed by atoms with E-state index in [1.165, 1.54) is 38.2 Å². The Bertz CT molecular complexity index is 609. The fourth-order valence-electron chi connectivity index (χ4n) is 3.17.